The molecule has 0 spiro atoms. The average Bonchev–Trinajstić information content (AvgIpc) is 2.67. The van der Waals surface area contributed by atoms with E-state index < -0.39 is 5.60 Å². The Labute approximate surface area is 156 Å². The lowest BCUT2D eigenvalue weighted by atomic mass is 9.99. The predicted molar refractivity (Wildman–Crippen MR) is 103 cm³/mol. The van der Waals surface area contributed by atoms with Gasteiger partial charge in [0.05, 0.1) is 19.8 Å². The molecule has 2 rings (SSSR count). The first-order chi connectivity index (χ1) is 12.6. The standard InChI is InChI=1S/C20H32N2O4/c1-4-10-20(2,24-3)19(23)21-17-6-8-18(9-7-17)26-14-5-11-22-12-15-25-16-13-22/h6-9H,4-5,10-16H2,1-3H3,(H,21,23). The molecule has 6 nitrogen and oxygen atoms in total. The molecule has 6 heteroatoms. The zero-order valence-corrected chi connectivity index (χ0v) is 16.3. The van der Waals surface area contributed by atoms with Crippen molar-refractivity contribution in [2.75, 3.05) is 51.9 Å². The van der Waals surface area contributed by atoms with Crippen LogP contribution in [0.5, 0.6) is 5.75 Å². The number of nitrogens with zero attached hydrogens (tertiary/aromatic N) is 1. The number of hydrogen-bond acceptors (Lipinski definition) is 5. The summed E-state index contributed by atoms with van der Waals surface area (Å²) in [5, 5.41) is 2.92. The summed E-state index contributed by atoms with van der Waals surface area (Å²) in [6.45, 7) is 9.24. The summed E-state index contributed by atoms with van der Waals surface area (Å²) in [6, 6.07) is 7.48. The molecule has 1 fully saturated rings. The lowest BCUT2D eigenvalue weighted by Crippen LogP contribution is -2.41. The van der Waals surface area contributed by atoms with Gasteiger partial charge >= 0.3 is 0 Å². The SMILES string of the molecule is CCCC(C)(OC)C(=O)Nc1ccc(OCCCN2CCOCC2)cc1. The number of rotatable bonds is 10. The highest BCUT2D eigenvalue weighted by Crippen LogP contribution is 2.21. The zero-order valence-electron chi connectivity index (χ0n) is 16.3. The molecule has 26 heavy (non-hydrogen) atoms. The monoisotopic (exact) mass is 364 g/mol. The molecule has 0 saturated carbocycles. The molecule has 1 aromatic carbocycles. The van der Waals surface area contributed by atoms with Crippen molar-refractivity contribution in [3.05, 3.63) is 24.3 Å². The Balaban J connectivity index is 1.74. The van der Waals surface area contributed by atoms with Gasteiger partial charge in [0.15, 0.2) is 0 Å². The number of nitrogens with one attached hydrogen (secondary N) is 1. The molecule has 1 saturated heterocycles. The maximum absolute atomic E-state index is 12.4. The number of ether oxygens (including phenoxy) is 3. The van der Waals surface area contributed by atoms with Gasteiger partial charge in [-0.05, 0) is 44.0 Å². The van der Waals surface area contributed by atoms with Gasteiger partial charge in [-0.2, -0.15) is 0 Å². The van der Waals surface area contributed by atoms with E-state index in [0.29, 0.717) is 13.0 Å². The van der Waals surface area contributed by atoms with Crippen LogP contribution in [0, 0.1) is 0 Å². The van der Waals surface area contributed by atoms with Crippen LogP contribution >= 0.6 is 0 Å². The molecule has 0 aliphatic carbocycles. The molecular formula is C20H32N2O4. The van der Waals surface area contributed by atoms with Crippen LogP contribution in [0.3, 0.4) is 0 Å². The number of anilines is 1. The summed E-state index contributed by atoms with van der Waals surface area (Å²) < 4.78 is 16.5. The maximum Gasteiger partial charge on any atom is 0.256 e. The summed E-state index contributed by atoms with van der Waals surface area (Å²) in [4.78, 5) is 14.8. The van der Waals surface area contributed by atoms with Crippen molar-refractivity contribution >= 4 is 11.6 Å². The van der Waals surface area contributed by atoms with Crippen LogP contribution in [-0.4, -0.2) is 63.0 Å². The second kappa shape index (κ2) is 10.5. The van der Waals surface area contributed by atoms with Gasteiger partial charge in [-0.15, -0.1) is 0 Å². The third-order valence-corrected chi connectivity index (χ3v) is 4.76. The predicted octanol–water partition coefficient (Wildman–Crippen LogP) is 2.93. The first kappa shape index (κ1) is 20.7. The Hall–Kier alpha value is -1.63. The minimum Gasteiger partial charge on any atom is -0.494 e. The molecule has 1 heterocycles. The van der Waals surface area contributed by atoms with Crippen molar-refractivity contribution in [2.24, 2.45) is 0 Å². The summed E-state index contributed by atoms with van der Waals surface area (Å²) in [5.74, 6) is 0.689. The van der Waals surface area contributed by atoms with E-state index in [-0.39, 0.29) is 5.91 Å². The van der Waals surface area contributed by atoms with Gasteiger partial charge < -0.3 is 19.5 Å². The molecule has 0 aromatic heterocycles. The first-order valence-corrected chi connectivity index (χ1v) is 9.47. The average molecular weight is 364 g/mol. The van der Waals surface area contributed by atoms with E-state index in [2.05, 4.69) is 10.2 Å². The number of amides is 1. The van der Waals surface area contributed by atoms with Gasteiger partial charge in [0.25, 0.3) is 5.91 Å². The van der Waals surface area contributed by atoms with Gasteiger partial charge in [0.2, 0.25) is 0 Å². The fraction of sp³-hybridized carbons (Fsp3) is 0.650. The molecule has 1 unspecified atom stereocenters. The lowest BCUT2D eigenvalue weighted by molar-refractivity contribution is -0.136. The van der Waals surface area contributed by atoms with Crippen molar-refractivity contribution in [2.45, 2.75) is 38.7 Å². The van der Waals surface area contributed by atoms with Crippen LogP contribution < -0.4 is 10.1 Å². The van der Waals surface area contributed by atoms with E-state index in [4.69, 9.17) is 14.2 Å². The molecule has 1 amide bonds. The Kier molecular flexibility index (Phi) is 8.35. The molecule has 1 aliphatic heterocycles. The molecule has 1 N–H and O–H groups in total. The number of carbonyl (C=O) groups excluding carboxylic acids is 1. The van der Waals surface area contributed by atoms with Crippen LogP contribution in [0.1, 0.15) is 33.1 Å². The number of benzene rings is 1. The van der Waals surface area contributed by atoms with E-state index in [1.807, 2.05) is 38.1 Å². The smallest absolute Gasteiger partial charge is 0.256 e. The normalized spacial score (nSPS) is 17.5. The Morgan fingerprint density at radius 3 is 2.58 bits per heavy atom. The van der Waals surface area contributed by atoms with Gasteiger partial charge in [-0.25, -0.2) is 0 Å². The largest absolute Gasteiger partial charge is 0.494 e. The number of carbonyl (C=O) groups is 1. The highest BCUT2D eigenvalue weighted by molar-refractivity contribution is 5.97. The van der Waals surface area contributed by atoms with Crippen molar-refractivity contribution in [1.29, 1.82) is 0 Å². The van der Waals surface area contributed by atoms with Crippen LogP contribution in [0.2, 0.25) is 0 Å². The number of hydrogen-bond donors (Lipinski definition) is 1. The summed E-state index contributed by atoms with van der Waals surface area (Å²) in [5.41, 5.74) is -0.0568. The molecule has 1 aliphatic rings. The zero-order chi connectivity index (χ0) is 18.8. The van der Waals surface area contributed by atoms with Crippen LogP contribution in [0.15, 0.2) is 24.3 Å². The van der Waals surface area contributed by atoms with Crippen LogP contribution in [0.25, 0.3) is 0 Å². The Morgan fingerprint density at radius 2 is 1.96 bits per heavy atom. The topological polar surface area (TPSA) is 60.0 Å². The lowest BCUT2D eigenvalue weighted by Gasteiger charge is -2.26. The Morgan fingerprint density at radius 1 is 1.27 bits per heavy atom. The molecular weight excluding hydrogens is 332 g/mol. The quantitative estimate of drug-likeness (QED) is 0.647. The van der Waals surface area contributed by atoms with Crippen molar-refractivity contribution in [3.63, 3.8) is 0 Å². The third kappa shape index (κ3) is 6.27. The van der Waals surface area contributed by atoms with Crippen molar-refractivity contribution < 1.29 is 19.0 Å². The minimum atomic E-state index is -0.802. The van der Waals surface area contributed by atoms with E-state index in [9.17, 15) is 4.79 Å². The van der Waals surface area contributed by atoms with Gasteiger partial charge in [-0.1, -0.05) is 13.3 Å². The van der Waals surface area contributed by atoms with E-state index in [0.717, 1.165) is 57.1 Å². The summed E-state index contributed by atoms with van der Waals surface area (Å²) in [6.07, 6.45) is 2.55. The highest BCUT2D eigenvalue weighted by Gasteiger charge is 2.32. The summed E-state index contributed by atoms with van der Waals surface area (Å²) >= 11 is 0. The van der Waals surface area contributed by atoms with Gasteiger partial charge in [-0.3, -0.25) is 9.69 Å². The Bertz CT molecular complexity index is 543. The van der Waals surface area contributed by atoms with Crippen LogP contribution in [-0.2, 0) is 14.3 Å². The summed E-state index contributed by atoms with van der Waals surface area (Å²) in [7, 11) is 1.57. The van der Waals surface area contributed by atoms with Crippen molar-refractivity contribution in [3.8, 4) is 5.75 Å². The fourth-order valence-electron chi connectivity index (χ4n) is 2.99. The van der Waals surface area contributed by atoms with E-state index in [1.165, 1.54) is 0 Å². The second-order valence-electron chi connectivity index (χ2n) is 6.82. The van der Waals surface area contributed by atoms with Gasteiger partial charge in [0.1, 0.15) is 11.4 Å². The van der Waals surface area contributed by atoms with E-state index >= 15 is 0 Å². The van der Waals surface area contributed by atoms with Crippen molar-refractivity contribution in [1.82, 2.24) is 4.90 Å². The molecule has 0 bridgehead atoms. The molecule has 1 atom stereocenters. The maximum atomic E-state index is 12.4. The fourth-order valence-corrected chi connectivity index (χ4v) is 2.99. The van der Waals surface area contributed by atoms with Gasteiger partial charge in [0, 0.05) is 32.4 Å². The minimum absolute atomic E-state index is 0.124. The molecule has 1 aromatic rings. The molecule has 146 valence electrons. The first-order valence-electron chi connectivity index (χ1n) is 9.47. The third-order valence-electron chi connectivity index (χ3n) is 4.76. The highest BCUT2D eigenvalue weighted by atomic mass is 16.5. The van der Waals surface area contributed by atoms with E-state index in [1.54, 1.807) is 7.11 Å². The molecule has 0 radical (unpaired) electrons. The second-order valence-corrected chi connectivity index (χ2v) is 6.82. The number of morpholine rings is 1. The number of methoxy groups -OCH3 is 1. The van der Waals surface area contributed by atoms with Crippen LogP contribution in [0.4, 0.5) is 5.69 Å².